The van der Waals surface area contributed by atoms with E-state index < -0.39 is 0 Å². The molecule has 0 atom stereocenters. The van der Waals surface area contributed by atoms with Crippen LogP contribution in [0.15, 0.2) is 35.1 Å². The summed E-state index contributed by atoms with van der Waals surface area (Å²) >= 11 is 0. The van der Waals surface area contributed by atoms with Crippen molar-refractivity contribution in [3.8, 4) is 0 Å². The summed E-state index contributed by atoms with van der Waals surface area (Å²) in [5.74, 6) is 0.884. The van der Waals surface area contributed by atoms with Gasteiger partial charge in [-0.1, -0.05) is 30.3 Å². The highest BCUT2D eigenvalue weighted by molar-refractivity contribution is 5.40. The van der Waals surface area contributed by atoms with E-state index in [9.17, 15) is 4.79 Å². The molecule has 0 aliphatic heterocycles. The smallest absolute Gasteiger partial charge is 0.254 e. The lowest BCUT2D eigenvalue weighted by Gasteiger charge is -2.19. The summed E-state index contributed by atoms with van der Waals surface area (Å²) in [4.78, 5) is 20.2. The predicted molar refractivity (Wildman–Crippen MR) is 78.0 cm³/mol. The van der Waals surface area contributed by atoms with Crippen molar-refractivity contribution in [1.29, 1.82) is 0 Å². The first-order valence-electron chi connectivity index (χ1n) is 7.48. The summed E-state index contributed by atoms with van der Waals surface area (Å²) in [5, 5.41) is 0. The van der Waals surface area contributed by atoms with Crippen molar-refractivity contribution in [2.75, 3.05) is 0 Å². The number of rotatable bonds is 2. The number of aromatic nitrogens is 2. The largest absolute Gasteiger partial charge is 0.310 e. The van der Waals surface area contributed by atoms with Gasteiger partial charge in [0.25, 0.3) is 5.56 Å². The molecule has 20 heavy (non-hydrogen) atoms. The van der Waals surface area contributed by atoms with E-state index in [4.69, 9.17) is 4.98 Å². The third-order valence-electron chi connectivity index (χ3n) is 4.72. The molecule has 1 aromatic heterocycles. The Hall–Kier alpha value is -1.90. The minimum atomic E-state index is -0.0348. The molecule has 2 aromatic rings. The zero-order valence-electron chi connectivity index (χ0n) is 11.5. The van der Waals surface area contributed by atoms with Crippen molar-refractivity contribution < 1.29 is 0 Å². The van der Waals surface area contributed by atoms with Gasteiger partial charge in [0.1, 0.15) is 5.82 Å². The van der Waals surface area contributed by atoms with Gasteiger partial charge in [0.05, 0.1) is 11.1 Å². The zero-order valence-corrected chi connectivity index (χ0v) is 11.5. The standard InChI is InChI=1S/C17H18N2O/c20-15-13-8-4-5-9-14(13)18-16(19-15)17(10-11-17)12-6-2-1-3-7-12/h1-3,6-7H,4-5,8-11H2,(H,18,19,20). The average molecular weight is 266 g/mol. The van der Waals surface area contributed by atoms with E-state index in [1.54, 1.807) is 0 Å². The molecule has 0 unspecified atom stereocenters. The fraction of sp³-hybridized carbons (Fsp3) is 0.412. The molecule has 0 amide bonds. The maximum absolute atomic E-state index is 12.3. The Labute approximate surface area is 118 Å². The number of aryl methyl sites for hydroxylation is 1. The zero-order chi connectivity index (χ0) is 13.6. The van der Waals surface area contributed by atoms with Crippen LogP contribution in [0, 0.1) is 0 Å². The van der Waals surface area contributed by atoms with E-state index >= 15 is 0 Å². The van der Waals surface area contributed by atoms with Gasteiger partial charge in [-0.2, -0.15) is 0 Å². The number of nitrogens with zero attached hydrogens (tertiary/aromatic N) is 1. The summed E-state index contributed by atoms with van der Waals surface area (Å²) < 4.78 is 0. The minimum Gasteiger partial charge on any atom is -0.310 e. The van der Waals surface area contributed by atoms with E-state index in [0.717, 1.165) is 55.6 Å². The van der Waals surface area contributed by atoms with Crippen molar-refractivity contribution in [2.45, 2.75) is 43.9 Å². The Balaban J connectivity index is 1.84. The maximum Gasteiger partial charge on any atom is 0.254 e. The summed E-state index contributed by atoms with van der Waals surface area (Å²) in [6.45, 7) is 0. The van der Waals surface area contributed by atoms with Crippen LogP contribution in [0.25, 0.3) is 0 Å². The van der Waals surface area contributed by atoms with Crippen molar-refractivity contribution in [3.63, 3.8) is 0 Å². The van der Waals surface area contributed by atoms with Crippen LogP contribution in [0.5, 0.6) is 0 Å². The quantitative estimate of drug-likeness (QED) is 0.908. The Kier molecular flexibility index (Phi) is 2.56. The molecule has 102 valence electrons. The van der Waals surface area contributed by atoms with E-state index in [2.05, 4.69) is 29.2 Å². The van der Waals surface area contributed by atoms with Crippen LogP contribution < -0.4 is 5.56 Å². The lowest BCUT2D eigenvalue weighted by molar-refractivity contribution is 0.632. The van der Waals surface area contributed by atoms with Gasteiger partial charge in [0.15, 0.2) is 0 Å². The van der Waals surface area contributed by atoms with Crippen LogP contribution in [0.1, 0.15) is 48.3 Å². The van der Waals surface area contributed by atoms with Crippen molar-refractivity contribution >= 4 is 0 Å². The van der Waals surface area contributed by atoms with E-state index in [1.165, 1.54) is 5.56 Å². The molecule has 3 nitrogen and oxygen atoms in total. The summed E-state index contributed by atoms with van der Waals surface area (Å²) in [7, 11) is 0. The maximum atomic E-state index is 12.3. The number of H-pyrrole nitrogens is 1. The first-order valence-corrected chi connectivity index (χ1v) is 7.48. The van der Waals surface area contributed by atoms with Gasteiger partial charge in [-0.3, -0.25) is 4.79 Å². The molecule has 2 aliphatic rings. The third kappa shape index (κ3) is 1.73. The summed E-state index contributed by atoms with van der Waals surface area (Å²) in [6, 6.07) is 10.4. The second-order valence-corrected chi connectivity index (χ2v) is 6.00. The average Bonchev–Trinajstić information content (AvgIpc) is 3.30. The lowest BCUT2D eigenvalue weighted by Crippen LogP contribution is -2.26. The van der Waals surface area contributed by atoms with E-state index in [-0.39, 0.29) is 11.0 Å². The van der Waals surface area contributed by atoms with Crippen molar-refractivity contribution in [1.82, 2.24) is 9.97 Å². The molecule has 0 bridgehead atoms. The third-order valence-corrected chi connectivity index (χ3v) is 4.72. The number of hydrogen-bond acceptors (Lipinski definition) is 2. The number of aromatic amines is 1. The van der Waals surface area contributed by atoms with Gasteiger partial charge >= 0.3 is 0 Å². The number of hydrogen-bond donors (Lipinski definition) is 1. The fourth-order valence-corrected chi connectivity index (χ4v) is 3.37. The summed E-state index contributed by atoms with van der Waals surface area (Å²) in [5.41, 5.74) is 3.29. The van der Waals surface area contributed by atoms with Crippen LogP contribution in [0.2, 0.25) is 0 Å². The molecule has 1 aromatic carbocycles. The highest BCUT2D eigenvalue weighted by Crippen LogP contribution is 2.51. The van der Waals surface area contributed by atoms with Gasteiger partial charge < -0.3 is 4.98 Å². The Morgan fingerprint density at radius 2 is 1.80 bits per heavy atom. The molecule has 0 radical (unpaired) electrons. The molecular formula is C17H18N2O. The first kappa shape index (κ1) is 11.9. The van der Waals surface area contributed by atoms with Crippen LogP contribution in [0.4, 0.5) is 0 Å². The van der Waals surface area contributed by atoms with Crippen molar-refractivity contribution in [3.05, 3.63) is 63.3 Å². The summed E-state index contributed by atoms with van der Waals surface area (Å²) in [6.07, 6.45) is 6.27. The molecule has 2 aliphatic carbocycles. The molecular weight excluding hydrogens is 248 g/mol. The van der Waals surface area contributed by atoms with Crippen LogP contribution in [0.3, 0.4) is 0 Å². The van der Waals surface area contributed by atoms with Crippen LogP contribution in [-0.4, -0.2) is 9.97 Å². The van der Waals surface area contributed by atoms with Gasteiger partial charge in [-0.25, -0.2) is 4.98 Å². The van der Waals surface area contributed by atoms with Gasteiger partial charge in [-0.05, 0) is 44.1 Å². The van der Waals surface area contributed by atoms with Crippen LogP contribution >= 0.6 is 0 Å². The monoisotopic (exact) mass is 266 g/mol. The normalized spacial score (nSPS) is 19.4. The molecule has 3 heteroatoms. The SMILES string of the molecule is O=c1[nH]c(C2(c3ccccc3)CC2)nc2c1CCCC2. The molecule has 1 N–H and O–H groups in total. The molecule has 0 spiro atoms. The second kappa shape index (κ2) is 4.30. The van der Waals surface area contributed by atoms with Gasteiger partial charge in [0, 0.05) is 5.56 Å². The topological polar surface area (TPSA) is 45.8 Å². The number of fused-ring (bicyclic) bond motifs is 1. The fourth-order valence-electron chi connectivity index (χ4n) is 3.37. The molecule has 0 saturated heterocycles. The van der Waals surface area contributed by atoms with E-state index in [0.29, 0.717) is 0 Å². The Morgan fingerprint density at radius 3 is 2.55 bits per heavy atom. The molecule has 1 heterocycles. The second-order valence-electron chi connectivity index (χ2n) is 6.00. The number of benzene rings is 1. The molecule has 1 saturated carbocycles. The number of nitrogens with one attached hydrogen (secondary N) is 1. The highest BCUT2D eigenvalue weighted by Gasteiger charge is 2.48. The minimum absolute atomic E-state index is 0.0348. The Bertz CT molecular complexity index is 699. The molecule has 1 fully saturated rings. The van der Waals surface area contributed by atoms with E-state index in [1.807, 2.05) is 6.07 Å². The van der Waals surface area contributed by atoms with Crippen LogP contribution in [-0.2, 0) is 18.3 Å². The first-order chi connectivity index (χ1) is 9.79. The highest BCUT2D eigenvalue weighted by atomic mass is 16.1. The Morgan fingerprint density at radius 1 is 1.05 bits per heavy atom. The van der Waals surface area contributed by atoms with Gasteiger partial charge in [0.2, 0.25) is 0 Å². The van der Waals surface area contributed by atoms with Crippen molar-refractivity contribution in [2.24, 2.45) is 0 Å². The predicted octanol–water partition coefficient (Wildman–Crippen LogP) is 2.73. The molecule has 4 rings (SSSR count). The lowest BCUT2D eigenvalue weighted by atomic mass is 9.93. The van der Waals surface area contributed by atoms with Gasteiger partial charge in [-0.15, -0.1) is 0 Å².